The van der Waals surface area contributed by atoms with E-state index < -0.39 is 0 Å². The molecule has 0 radical (unpaired) electrons. The Balaban J connectivity index is 1.41. The summed E-state index contributed by atoms with van der Waals surface area (Å²) < 4.78 is 10.5. The molecule has 0 unspecified atom stereocenters. The lowest BCUT2D eigenvalue weighted by molar-refractivity contribution is -0.124. The third-order valence-corrected chi connectivity index (χ3v) is 3.76. The molecule has 2 N–H and O–H groups in total. The largest absolute Gasteiger partial charge is 0.454 e. The summed E-state index contributed by atoms with van der Waals surface area (Å²) in [6.45, 7) is 0.199. The third kappa shape index (κ3) is 4.97. The Hall–Kier alpha value is -3.06. The van der Waals surface area contributed by atoms with Crippen molar-refractivity contribution in [2.75, 3.05) is 12.1 Å². The molecule has 0 bridgehead atoms. The quantitative estimate of drug-likeness (QED) is 0.601. The van der Waals surface area contributed by atoms with E-state index in [1.54, 1.807) is 42.5 Å². The normalized spacial score (nSPS) is 12.2. The van der Waals surface area contributed by atoms with Crippen molar-refractivity contribution in [2.45, 2.75) is 12.8 Å². The number of halogens is 1. The Morgan fingerprint density at radius 2 is 1.77 bits per heavy atom. The average molecular weight is 374 g/mol. The molecule has 2 aromatic carbocycles. The molecule has 0 spiro atoms. The van der Waals surface area contributed by atoms with E-state index in [-0.39, 0.29) is 31.4 Å². The van der Waals surface area contributed by atoms with Gasteiger partial charge in [-0.3, -0.25) is 9.59 Å². The van der Waals surface area contributed by atoms with Crippen LogP contribution in [0, 0.1) is 0 Å². The summed E-state index contributed by atoms with van der Waals surface area (Å²) in [5.74, 6) is 0.701. The van der Waals surface area contributed by atoms with E-state index in [1.165, 1.54) is 6.21 Å². The second-order valence-corrected chi connectivity index (χ2v) is 5.90. The van der Waals surface area contributed by atoms with E-state index in [0.717, 1.165) is 5.56 Å². The summed E-state index contributed by atoms with van der Waals surface area (Å²) in [7, 11) is 0. The summed E-state index contributed by atoms with van der Waals surface area (Å²) >= 11 is 5.78. The first kappa shape index (κ1) is 17.8. The lowest BCUT2D eigenvalue weighted by Gasteiger charge is -2.04. The summed E-state index contributed by atoms with van der Waals surface area (Å²) in [6, 6.07) is 12.1. The zero-order chi connectivity index (χ0) is 18.4. The van der Waals surface area contributed by atoms with Crippen LogP contribution in [0.3, 0.4) is 0 Å². The van der Waals surface area contributed by atoms with Gasteiger partial charge in [-0.2, -0.15) is 5.10 Å². The molecule has 0 aromatic heterocycles. The molecule has 0 aliphatic carbocycles. The molecule has 26 heavy (non-hydrogen) atoms. The minimum absolute atomic E-state index is 0.0257. The number of carbonyl (C=O) groups excluding carboxylic acids is 2. The van der Waals surface area contributed by atoms with Gasteiger partial charge in [-0.1, -0.05) is 11.6 Å². The maximum atomic E-state index is 11.8. The molecule has 3 rings (SSSR count). The maximum absolute atomic E-state index is 11.8. The number of hydrazone groups is 1. The fraction of sp³-hybridized carbons (Fsp3) is 0.167. The molecule has 1 aliphatic heterocycles. The van der Waals surface area contributed by atoms with Crippen molar-refractivity contribution in [1.29, 1.82) is 0 Å². The molecule has 2 aromatic rings. The van der Waals surface area contributed by atoms with Crippen LogP contribution in [0.5, 0.6) is 11.5 Å². The van der Waals surface area contributed by atoms with Crippen LogP contribution in [-0.2, 0) is 9.59 Å². The van der Waals surface area contributed by atoms with Gasteiger partial charge >= 0.3 is 0 Å². The molecular weight excluding hydrogens is 358 g/mol. The molecule has 0 saturated heterocycles. The van der Waals surface area contributed by atoms with E-state index in [2.05, 4.69) is 15.8 Å². The van der Waals surface area contributed by atoms with Crippen molar-refractivity contribution < 1.29 is 19.1 Å². The van der Waals surface area contributed by atoms with Crippen molar-refractivity contribution in [1.82, 2.24) is 5.43 Å². The van der Waals surface area contributed by atoms with Crippen LogP contribution in [0.4, 0.5) is 5.69 Å². The molecule has 0 fully saturated rings. The number of hydrogen-bond donors (Lipinski definition) is 2. The van der Waals surface area contributed by atoms with Crippen LogP contribution in [0.1, 0.15) is 18.4 Å². The molecule has 1 aliphatic rings. The van der Waals surface area contributed by atoms with Crippen molar-refractivity contribution in [3.05, 3.63) is 53.1 Å². The molecule has 8 heteroatoms. The average Bonchev–Trinajstić information content (AvgIpc) is 3.10. The Morgan fingerprint density at radius 3 is 2.58 bits per heavy atom. The first-order valence-corrected chi connectivity index (χ1v) is 8.25. The highest BCUT2D eigenvalue weighted by Gasteiger charge is 2.12. The minimum atomic E-state index is -0.353. The predicted octanol–water partition coefficient (Wildman–Crippen LogP) is 2.94. The van der Waals surface area contributed by atoms with Gasteiger partial charge in [0.25, 0.3) is 0 Å². The number of benzene rings is 2. The second kappa shape index (κ2) is 8.35. The number of hydrogen-bond acceptors (Lipinski definition) is 5. The van der Waals surface area contributed by atoms with E-state index >= 15 is 0 Å². The zero-order valence-corrected chi connectivity index (χ0v) is 14.5. The zero-order valence-electron chi connectivity index (χ0n) is 13.7. The number of rotatable bonds is 6. The predicted molar refractivity (Wildman–Crippen MR) is 97.6 cm³/mol. The van der Waals surface area contributed by atoms with Gasteiger partial charge < -0.3 is 14.8 Å². The number of carbonyl (C=O) groups is 2. The molecule has 134 valence electrons. The first-order chi connectivity index (χ1) is 12.6. The number of nitrogens with one attached hydrogen (secondary N) is 2. The van der Waals surface area contributed by atoms with Crippen molar-refractivity contribution in [3.63, 3.8) is 0 Å². The van der Waals surface area contributed by atoms with Crippen LogP contribution >= 0.6 is 11.6 Å². The highest BCUT2D eigenvalue weighted by atomic mass is 35.5. The minimum Gasteiger partial charge on any atom is -0.454 e. The topological polar surface area (TPSA) is 89.0 Å². The van der Waals surface area contributed by atoms with Gasteiger partial charge in [0.1, 0.15) is 0 Å². The van der Waals surface area contributed by atoms with E-state index in [1.807, 2.05) is 0 Å². The fourth-order valence-corrected chi connectivity index (χ4v) is 2.34. The van der Waals surface area contributed by atoms with Gasteiger partial charge in [-0.25, -0.2) is 5.43 Å². The van der Waals surface area contributed by atoms with Gasteiger partial charge in [0, 0.05) is 23.6 Å². The van der Waals surface area contributed by atoms with Crippen LogP contribution in [0.25, 0.3) is 0 Å². The number of ether oxygens (including phenoxy) is 2. The highest BCUT2D eigenvalue weighted by molar-refractivity contribution is 6.30. The monoisotopic (exact) mass is 373 g/mol. The van der Waals surface area contributed by atoms with Crippen LogP contribution < -0.4 is 20.2 Å². The molecular formula is C18H16ClN3O4. The van der Waals surface area contributed by atoms with Gasteiger partial charge in [-0.15, -0.1) is 0 Å². The Bertz CT molecular complexity index is 837. The fourth-order valence-electron chi connectivity index (χ4n) is 2.21. The maximum Gasteiger partial charge on any atom is 0.240 e. The lowest BCUT2D eigenvalue weighted by Crippen LogP contribution is -2.20. The van der Waals surface area contributed by atoms with Gasteiger partial charge in [0.15, 0.2) is 11.5 Å². The van der Waals surface area contributed by atoms with Gasteiger partial charge in [0.05, 0.1) is 6.21 Å². The first-order valence-electron chi connectivity index (χ1n) is 7.87. The van der Waals surface area contributed by atoms with E-state index in [4.69, 9.17) is 21.1 Å². The highest BCUT2D eigenvalue weighted by Crippen LogP contribution is 2.31. The van der Waals surface area contributed by atoms with E-state index in [0.29, 0.717) is 22.2 Å². The summed E-state index contributed by atoms with van der Waals surface area (Å²) in [4.78, 5) is 23.6. The van der Waals surface area contributed by atoms with Crippen LogP contribution in [0.2, 0.25) is 5.02 Å². The third-order valence-electron chi connectivity index (χ3n) is 3.51. The summed E-state index contributed by atoms with van der Waals surface area (Å²) in [5, 5.41) is 7.15. The van der Waals surface area contributed by atoms with Gasteiger partial charge in [-0.05, 0) is 48.0 Å². The smallest absolute Gasteiger partial charge is 0.240 e. The molecule has 0 atom stereocenters. The molecule has 2 amide bonds. The molecule has 0 saturated carbocycles. The SMILES string of the molecule is O=C(CCC(=O)Nc1ccc(Cl)cc1)N/N=C\c1ccc2c(c1)OCO2. The molecule has 7 nitrogen and oxygen atoms in total. The Morgan fingerprint density at radius 1 is 1.04 bits per heavy atom. The van der Waals surface area contributed by atoms with Gasteiger partial charge in [0.2, 0.25) is 18.6 Å². The number of amides is 2. The summed E-state index contributed by atoms with van der Waals surface area (Å²) in [5.41, 5.74) is 3.77. The molecule has 1 heterocycles. The lowest BCUT2D eigenvalue weighted by atomic mass is 10.2. The number of nitrogens with zero attached hydrogens (tertiary/aromatic N) is 1. The second-order valence-electron chi connectivity index (χ2n) is 5.46. The van der Waals surface area contributed by atoms with Crippen LogP contribution in [0.15, 0.2) is 47.6 Å². The Labute approximate surface area is 154 Å². The van der Waals surface area contributed by atoms with Crippen LogP contribution in [-0.4, -0.2) is 24.8 Å². The van der Waals surface area contributed by atoms with Crippen molar-refractivity contribution in [3.8, 4) is 11.5 Å². The van der Waals surface area contributed by atoms with E-state index in [9.17, 15) is 9.59 Å². The van der Waals surface area contributed by atoms with Crippen molar-refractivity contribution >= 4 is 35.3 Å². The van der Waals surface area contributed by atoms with Crippen molar-refractivity contribution in [2.24, 2.45) is 5.10 Å². The standard InChI is InChI=1S/C18H16ClN3O4/c19-13-2-4-14(5-3-13)21-17(23)7-8-18(24)22-20-10-12-1-6-15-16(9-12)26-11-25-15/h1-6,9-10H,7-8,11H2,(H,21,23)(H,22,24)/b20-10-. The Kier molecular flexibility index (Phi) is 5.70. The number of fused-ring (bicyclic) bond motifs is 1. The summed E-state index contributed by atoms with van der Waals surface area (Å²) in [6.07, 6.45) is 1.57. The number of anilines is 1.